The van der Waals surface area contributed by atoms with Gasteiger partial charge in [-0.05, 0) is 66.0 Å². The Bertz CT molecular complexity index is 207. The number of hydrogen-bond acceptors (Lipinski definition) is 4. The van der Waals surface area contributed by atoms with Gasteiger partial charge in [0.15, 0.2) is 0 Å². The molecule has 0 atom stereocenters. The van der Waals surface area contributed by atoms with Gasteiger partial charge in [-0.1, -0.05) is 0 Å². The molecule has 4 nitrogen and oxygen atoms in total. The van der Waals surface area contributed by atoms with E-state index in [-0.39, 0.29) is 0 Å². The van der Waals surface area contributed by atoms with Gasteiger partial charge in [0.25, 0.3) is 0 Å². The minimum Gasteiger partial charge on any atom is -0.333 e. The average molecular weight is 241 g/mol. The van der Waals surface area contributed by atoms with E-state index < -0.39 is 0 Å². The minimum absolute atomic E-state index is 0.340. The molecule has 2 rings (SSSR count). The van der Waals surface area contributed by atoms with E-state index in [0.717, 1.165) is 38.3 Å². The molecule has 0 aromatic heterocycles. The lowest BCUT2D eigenvalue weighted by molar-refractivity contribution is -0.112. The zero-order valence-electron chi connectivity index (χ0n) is 11.3. The van der Waals surface area contributed by atoms with Gasteiger partial charge in [0.2, 0.25) is 0 Å². The van der Waals surface area contributed by atoms with Crippen molar-refractivity contribution in [3.05, 3.63) is 0 Å². The molecule has 0 bridgehead atoms. The van der Waals surface area contributed by atoms with Crippen molar-refractivity contribution < 1.29 is 4.79 Å². The molecule has 2 fully saturated rings. The van der Waals surface area contributed by atoms with E-state index in [9.17, 15) is 4.79 Å². The summed E-state index contributed by atoms with van der Waals surface area (Å²) >= 11 is 0. The molecule has 4 heteroatoms. The Balaban J connectivity index is 0.000000686. The molecule has 0 aliphatic carbocycles. The number of piperidine rings is 2. The van der Waals surface area contributed by atoms with E-state index in [0.29, 0.717) is 5.92 Å². The van der Waals surface area contributed by atoms with Crippen LogP contribution >= 0.6 is 0 Å². The highest BCUT2D eigenvalue weighted by Gasteiger charge is 2.26. The standard InChI is InChI=1S/C12H22N2O.CH5N/c1-13-6-4-12(5-7-13)14-8-2-11(10-15)3-9-14;1-2/h10-12H,2-9H2,1H3;2H2,1H3. The van der Waals surface area contributed by atoms with Crippen LogP contribution < -0.4 is 5.73 Å². The van der Waals surface area contributed by atoms with E-state index >= 15 is 0 Å². The Labute approximate surface area is 105 Å². The van der Waals surface area contributed by atoms with Gasteiger partial charge in [0, 0.05) is 12.0 Å². The summed E-state index contributed by atoms with van der Waals surface area (Å²) < 4.78 is 0. The number of rotatable bonds is 2. The molecule has 0 aromatic carbocycles. The molecule has 100 valence electrons. The minimum atomic E-state index is 0.340. The Morgan fingerprint density at radius 3 is 2.00 bits per heavy atom. The Kier molecular flexibility index (Phi) is 6.70. The van der Waals surface area contributed by atoms with Crippen LogP contribution in [0.3, 0.4) is 0 Å². The SMILES string of the molecule is CN.CN1CCC(N2CCC(C=O)CC2)CC1. The highest BCUT2D eigenvalue weighted by Crippen LogP contribution is 2.22. The van der Waals surface area contributed by atoms with Crippen molar-refractivity contribution in [3.8, 4) is 0 Å². The second-order valence-electron chi connectivity index (χ2n) is 5.04. The second kappa shape index (κ2) is 7.80. The van der Waals surface area contributed by atoms with Crippen molar-refractivity contribution in [2.45, 2.75) is 31.7 Å². The van der Waals surface area contributed by atoms with E-state index in [2.05, 4.69) is 22.6 Å². The summed E-state index contributed by atoms with van der Waals surface area (Å²) in [6, 6.07) is 0.786. The highest BCUT2D eigenvalue weighted by molar-refractivity contribution is 5.53. The quantitative estimate of drug-likeness (QED) is 0.718. The molecule has 0 unspecified atom stereocenters. The Morgan fingerprint density at radius 1 is 1.00 bits per heavy atom. The van der Waals surface area contributed by atoms with Gasteiger partial charge >= 0.3 is 0 Å². The highest BCUT2D eigenvalue weighted by atomic mass is 16.1. The normalized spacial score (nSPS) is 25.1. The van der Waals surface area contributed by atoms with Crippen LogP contribution in [0.25, 0.3) is 0 Å². The van der Waals surface area contributed by atoms with Crippen LogP contribution in [0, 0.1) is 5.92 Å². The smallest absolute Gasteiger partial charge is 0.123 e. The van der Waals surface area contributed by atoms with Crippen LogP contribution in [-0.4, -0.2) is 62.4 Å². The van der Waals surface area contributed by atoms with Crippen LogP contribution in [0.15, 0.2) is 0 Å². The van der Waals surface area contributed by atoms with E-state index in [1.54, 1.807) is 0 Å². The van der Waals surface area contributed by atoms with Gasteiger partial charge in [0.05, 0.1) is 0 Å². The van der Waals surface area contributed by atoms with Crippen molar-refractivity contribution in [1.82, 2.24) is 9.80 Å². The summed E-state index contributed by atoms with van der Waals surface area (Å²) in [4.78, 5) is 15.7. The molecule has 0 amide bonds. The van der Waals surface area contributed by atoms with Crippen molar-refractivity contribution >= 4 is 6.29 Å². The number of nitrogens with two attached hydrogens (primary N) is 1. The number of likely N-dealkylation sites (tertiary alicyclic amines) is 2. The first-order valence-corrected chi connectivity index (χ1v) is 6.75. The van der Waals surface area contributed by atoms with E-state index in [4.69, 9.17) is 0 Å². The maximum atomic E-state index is 10.7. The number of carbonyl (C=O) groups excluding carboxylic acids is 1. The number of aldehydes is 1. The zero-order valence-corrected chi connectivity index (χ0v) is 11.3. The summed E-state index contributed by atoms with van der Waals surface area (Å²) in [6.45, 7) is 4.74. The van der Waals surface area contributed by atoms with Crippen LogP contribution in [0.4, 0.5) is 0 Å². The van der Waals surface area contributed by atoms with Crippen molar-refractivity contribution in [2.24, 2.45) is 11.7 Å². The lowest BCUT2D eigenvalue weighted by Gasteiger charge is -2.40. The third kappa shape index (κ3) is 4.37. The largest absolute Gasteiger partial charge is 0.333 e. The van der Waals surface area contributed by atoms with Crippen molar-refractivity contribution in [2.75, 3.05) is 40.3 Å². The van der Waals surface area contributed by atoms with Gasteiger partial charge < -0.3 is 20.3 Å². The molecule has 2 N–H and O–H groups in total. The van der Waals surface area contributed by atoms with Crippen LogP contribution in [0.2, 0.25) is 0 Å². The van der Waals surface area contributed by atoms with Crippen molar-refractivity contribution in [1.29, 1.82) is 0 Å². The van der Waals surface area contributed by atoms with Gasteiger partial charge in [0.1, 0.15) is 6.29 Å². The van der Waals surface area contributed by atoms with Crippen LogP contribution in [0.5, 0.6) is 0 Å². The first-order valence-electron chi connectivity index (χ1n) is 6.75. The van der Waals surface area contributed by atoms with Gasteiger partial charge in [-0.15, -0.1) is 0 Å². The molecule has 0 aromatic rings. The molecule has 2 aliphatic rings. The first-order chi connectivity index (χ1) is 8.29. The third-order valence-corrected chi connectivity index (χ3v) is 3.97. The molecule has 2 saturated heterocycles. The predicted molar refractivity (Wildman–Crippen MR) is 71.0 cm³/mol. The maximum Gasteiger partial charge on any atom is 0.123 e. The third-order valence-electron chi connectivity index (χ3n) is 3.97. The van der Waals surface area contributed by atoms with Gasteiger partial charge in [-0.2, -0.15) is 0 Å². The molecular weight excluding hydrogens is 214 g/mol. The fourth-order valence-corrected chi connectivity index (χ4v) is 2.78. The zero-order chi connectivity index (χ0) is 12.7. The number of nitrogens with zero attached hydrogens (tertiary/aromatic N) is 2. The number of carbonyl (C=O) groups is 1. The average Bonchev–Trinajstić information content (AvgIpc) is 2.42. The van der Waals surface area contributed by atoms with Gasteiger partial charge in [-0.3, -0.25) is 0 Å². The van der Waals surface area contributed by atoms with Crippen molar-refractivity contribution in [3.63, 3.8) is 0 Å². The number of hydrogen-bond donors (Lipinski definition) is 1. The molecule has 2 heterocycles. The summed E-state index contributed by atoms with van der Waals surface area (Å²) in [7, 11) is 3.70. The van der Waals surface area contributed by atoms with Crippen LogP contribution in [-0.2, 0) is 4.79 Å². The van der Waals surface area contributed by atoms with Crippen LogP contribution in [0.1, 0.15) is 25.7 Å². The fourth-order valence-electron chi connectivity index (χ4n) is 2.78. The van der Waals surface area contributed by atoms with Gasteiger partial charge in [-0.25, -0.2) is 0 Å². The monoisotopic (exact) mass is 241 g/mol. The summed E-state index contributed by atoms with van der Waals surface area (Å²) in [5, 5.41) is 0. The summed E-state index contributed by atoms with van der Waals surface area (Å²) in [5.74, 6) is 0.340. The molecule has 2 aliphatic heterocycles. The maximum absolute atomic E-state index is 10.7. The molecule has 0 radical (unpaired) electrons. The lowest BCUT2D eigenvalue weighted by atomic mass is 9.95. The molecular formula is C13H27N3O. The van der Waals surface area contributed by atoms with E-state index in [1.165, 1.54) is 33.0 Å². The Morgan fingerprint density at radius 2 is 1.53 bits per heavy atom. The second-order valence-corrected chi connectivity index (χ2v) is 5.04. The molecule has 0 saturated carbocycles. The first kappa shape index (κ1) is 14.6. The molecule has 17 heavy (non-hydrogen) atoms. The summed E-state index contributed by atoms with van der Waals surface area (Å²) in [6.07, 6.45) is 5.92. The predicted octanol–water partition coefficient (Wildman–Crippen LogP) is 0.566. The topological polar surface area (TPSA) is 49.6 Å². The van der Waals surface area contributed by atoms with E-state index in [1.807, 2.05) is 0 Å². The fraction of sp³-hybridized carbons (Fsp3) is 0.923. The lowest BCUT2D eigenvalue weighted by Crippen LogP contribution is -2.47. The Hall–Kier alpha value is -0.450. The summed E-state index contributed by atoms with van der Waals surface area (Å²) in [5.41, 5.74) is 4.50. The molecule has 0 spiro atoms.